The van der Waals surface area contributed by atoms with Crippen molar-refractivity contribution < 1.29 is 4.79 Å². The molecule has 0 N–H and O–H groups in total. The molecule has 186 valence electrons. The molecule has 5 rings (SSSR count). The molecule has 0 aromatic carbocycles. The Kier molecular flexibility index (Phi) is 6.30. The maximum atomic E-state index is 12.6. The molecule has 4 aromatic rings. The Labute approximate surface area is 212 Å². The second-order valence-electron chi connectivity index (χ2n) is 10.8. The van der Waals surface area contributed by atoms with Crippen molar-refractivity contribution in [3.05, 3.63) is 72.2 Å². The van der Waals surface area contributed by atoms with Crippen LogP contribution in [-0.2, 0) is 16.6 Å². The van der Waals surface area contributed by atoms with Gasteiger partial charge in [0, 0.05) is 48.2 Å². The summed E-state index contributed by atoms with van der Waals surface area (Å²) in [7, 11) is 4.06. The lowest BCUT2D eigenvalue weighted by Crippen LogP contribution is -2.45. The Morgan fingerprint density at radius 2 is 1.92 bits per heavy atom. The van der Waals surface area contributed by atoms with E-state index < -0.39 is 0 Å². The minimum atomic E-state index is 0.00189. The number of piperidine rings is 1. The molecule has 1 amide bonds. The smallest absolute Gasteiger partial charge is 0.228 e. The summed E-state index contributed by atoms with van der Waals surface area (Å²) in [6.45, 7) is 7.30. The summed E-state index contributed by atoms with van der Waals surface area (Å²) in [5, 5.41) is 4.50. The molecule has 8 heteroatoms. The van der Waals surface area contributed by atoms with Gasteiger partial charge in [0.1, 0.15) is 5.82 Å². The maximum Gasteiger partial charge on any atom is 0.228 e. The molecule has 0 saturated carbocycles. The van der Waals surface area contributed by atoms with Crippen LogP contribution in [0.25, 0.3) is 16.8 Å². The van der Waals surface area contributed by atoms with Crippen LogP contribution in [-0.4, -0.2) is 62.1 Å². The summed E-state index contributed by atoms with van der Waals surface area (Å²) in [5.41, 5.74) is 5.90. The van der Waals surface area contributed by atoms with E-state index in [1.807, 2.05) is 60.2 Å². The molecule has 0 spiro atoms. The monoisotopic (exact) mass is 483 g/mol. The van der Waals surface area contributed by atoms with Gasteiger partial charge in [-0.3, -0.25) is 9.78 Å². The number of fused-ring (bicyclic) bond motifs is 1. The van der Waals surface area contributed by atoms with Crippen molar-refractivity contribution in [3.8, 4) is 11.3 Å². The van der Waals surface area contributed by atoms with Gasteiger partial charge in [-0.25, -0.2) is 14.5 Å². The number of anilines is 1. The van der Waals surface area contributed by atoms with Crippen LogP contribution < -0.4 is 4.90 Å². The van der Waals surface area contributed by atoms with Gasteiger partial charge in [0.2, 0.25) is 5.91 Å². The van der Waals surface area contributed by atoms with Crippen molar-refractivity contribution in [1.82, 2.24) is 29.5 Å². The molecular weight excluding hydrogens is 450 g/mol. The summed E-state index contributed by atoms with van der Waals surface area (Å²) >= 11 is 0. The third-order valence-electron chi connectivity index (χ3n) is 6.92. The van der Waals surface area contributed by atoms with E-state index in [-0.39, 0.29) is 11.3 Å². The van der Waals surface area contributed by atoms with E-state index in [1.54, 1.807) is 12.4 Å². The molecule has 1 atom stereocenters. The van der Waals surface area contributed by atoms with Gasteiger partial charge in [0.25, 0.3) is 0 Å². The third-order valence-corrected chi connectivity index (χ3v) is 6.92. The highest BCUT2D eigenvalue weighted by Crippen LogP contribution is 2.29. The van der Waals surface area contributed by atoms with E-state index in [4.69, 9.17) is 4.98 Å². The normalized spacial score (nSPS) is 16.8. The van der Waals surface area contributed by atoms with Gasteiger partial charge in [-0.1, -0.05) is 20.8 Å². The number of hydrogen-bond acceptors (Lipinski definition) is 6. The Morgan fingerprint density at radius 1 is 1.08 bits per heavy atom. The number of aromatic nitrogens is 5. The molecule has 0 aliphatic carbocycles. The Morgan fingerprint density at radius 3 is 2.61 bits per heavy atom. The zero-order chi connectivity index (χ0) is 25.4. The maximum absolute atomic E-state index is 12.6. The first-order chi connectivity index (χ1) is 17.2. The molecule has 1 saturated heterocycles. The average Bonchev–Trinajstić information content (AvgIpc) is 3.29. The lowest BCUT2D eigenvalue weighted by Gasteiger charge is -2.34. The highest BCUT2D eigenvalue weighted by molar-refractivity contribution is 5.94. The van der Waals surface area contributed by atoms with Crippen molar-refractivity contribution in [3.63, 3.8) is 0 Å². The van der Waals surface area contributed by atoms with Gasteiger partial charge in [-0.2, -0.15) is 5.10 Å². The molecule has 36 heavy (non-hydrogen) atoms. The quantitative estimate of drug-likeness (QED) is 0.425. The second kappa shape index (κ2) is 9.43. The Balaban J connectivity index is 1.33. The molecule has 1 aliphatic heterocycles. The van der Waals surface area contributed by atoms with E-state index in [1.165, 1.54) is 5.56 Å². The van der Waals surface area contributed by atoms with Crippen LogP contribution in [0.2, 0.25) is 0 Å². The number of carbonyl (C=O) groups excluding carboxylic acids is 1. The van der Waals surface area contributed by atoms with E-state index in [9.17, 15) is 4.79 Å². The first-order valence-corrected chi connectivity index (χ1v) is 12.4. The zero-order valence-electron chi connectivity index (χ0n) is 21.6. The van der Waals surface area contributed by atoms with Crippen LogP contribution in [0.15, 0.2) is 55.1 Å². The van der Waals surface area contributed by atoms with Crippen molar-refractivity contribution in [2.75, 3.05) is 25.5 Å². The Hall–Kier alpha value is -3.65. The fraction of sp³-hybridized carbons (Fsp3) is 0.393. The van der Waals surface area contributed by atoms with Crippen LogP contribution in [0.1, 0.15) is 50.7 Å². The minimum absolute atomic E-state index is 0.00189. The van der Waals surface area contributed by atoms with Crippen molar-refractivity contribution in [2.24, 2.45) is 0 Å². The molecule has 8 nitrogen and oxygen atoms in total. The van der Waals surface area contributed by atoms with Crippen LogP contribution in [0, 0.1) is 0 Å². The lowest BCUT2D eigenvalue weighted by molar-refractivity contribution is -0.120. The largest absolute Gasteiger partial charge is 0.311 e. The summed E-state index contributed by atoms with van der Waals surface area (Å²) in [5.74, 6) is 0.857. The van der Waals surface area contributed by atoms with Crippen LogP contribution in [0.3, 0.4) is 0 Å². The van der Waals surface area contributed by atoms with Gasteiger partial charge in [-0.05, 0) is 56.3 Å². The fourth-order valence-corrected chi connectivity index (χ4v) is 4.74. The van der Waals surface area contributed by atoms with Gasteiger partial charge in [-0.15, -0.1) is 0 Å². The number of amides is 1. The van der Waals surface area contributed by atoms with Gasteiger partial charge >= 0.3 is 0 Å². The summed E-state index contributed by atoms with van der Waals surface area (Å²) in [6, 6.07) is 10.3. The molecule has 4 aromatic heterocycles. The molecule has 5 heterocycles. The molecule has 0 bridgehead atoms. The molecule has 1 aliphatic rings. The second-order valence-corrected chi connectivity index (χ2v) is 10.8. The molecule has 1 unspecified atom stereocenters. The van der Waals surface area contributed by atoms with Crippen molar-refractivity contribution in [2.45, 2.75) is 51.5 Å². The first-order valence-electron chi connectivity index (χ1n) is 12.4. The van der Waals surface area contributed by atoms with Crippen molar-refractivity contribution >= 4 is 17.1 Å². The van der Waals surface area contributed by atoms with E-state index >= 15 is 0 Å². The van der Waals surface area contributed by atoms with Crippen molar-refractivity contribution in [1.29, 1.82) is 0 Å². The first kappa shape index (κ1) is 24.1. The lowest BCUT2D eigenvalue weighted by atomic mass is 9.88. The van der Waals surface area contributed by atoms with E-state index in [0.29, 0.717) is 31.3 Å². The van der Waals surface area contributed by atoms with Gasteiger partial charge in [0.05, 0.1) is 35.7 Å². The fourth-order valence-electron chi connectivity index (χ4n) is 4.74. The standard InChI is InChI=1S/C28H33N7O/c1-28(2,3)23-18-31-35-13-9-19(14-25(23)35)24-8-11-29-26(32-24)15-20-6-7-22(17-30-20)34-12-10-21(33(4)5)16-27(34)36/h6-9,11,13-14,17-18,21H,10,12,15-16H2,1-5H3. The minimum Gasteiger partial charge on any atom is -0.311 e. The number of carbonyl (C=O) groups is 1. The molecular formula is C28H33N7O. The van der Waals surface area contributed by atoms with Gasteiger partial charge in [0.15, 0.2) is 0 Å². The summed E-state index contributed by atoms with van der Waals surface area (Å²) < 4.78 is 1.91. The third kappa shape index (κ3) is 4.86. The Bertz CT molecular complexity index is 1390. The predicted molar refractivity (Wildman–Crippen MR) is 141 cm³/mol. The zero-order valence-corrected chi connectivity index (χ0v) is 21.6. The summed E-state index contributed by atoms with van der Waals surface area (Å²) in [4.78, 5) is 30.5. The van der Waals surface area contributed by atoms with Crippen LogP contribution in [0.4, 0.5) is 5.69 Å². The highest BCUT2D eigenvalue weighted by atomic mass is 16.2. The SMILES string of the molecule is CN(C)C1CCN(c2ccc(Cc3nccc(-c4ccn5ncc(C(C)(C)C)c5c4)n3)nc2)C(=O)C1. The summed E-state index contributed by atoms with van der Waals surface area (Å²) in [6.07, 6.45) is 9.52. The topological polar surface area (TPSA) is 79.5 Å². The predicted octanol–water partition coefficient (Wildman–Crippen LogP) is 4.13. The number of hydrogen-bond donors (Lipinski definition) is 0. The van der Waals surface area contributed by atoms with Crippen LogP contribution >= 0.6 is 0 Å². The van der Waals surface area contributed by atoms with E-state index in [2.05, 4.69) is 46.8 Å². The number of rotatable bonds is 5. The number of nitrogens with zero attached hydrogens (tertiary/aromatic N) is 7. The highest BCUT2D eigenvalue weighted by Gasteiger charge is 2.28. The van der Waals surface area contributed by atoms with Gasteiger partial charge < -0.3 is 9.80 Å². The molecule has 0 radical (unpaired) electrons. The average molecular weight is 484 g/mol. The number of pyridine rings is 2. The van der Waals surface area contributed by atoms with E-state index in [0.717, 1.165) is 34.6 Å². The van der Waals surface area contributed by atoms with Crippen LogP contribution in [0.5, 0.6) is 0 Å². The molecule has 1 fully saturated rings.